The minimum atomic E-state index is -0.250. The molecule has 1 aliphatic carbocycles. The summed E-state index contributed by atoms with van der Waals surface area (Å²) < 4.78 is 0. The van der Waals surface area contributed by atoms with E-state index in [4.69, 9.17) is 9.90 Å². The molecule has 0 bridgehead atoms. The van der Waals surface area contributed by atoms with Crippen molar-refractivity contribution in [3.05, 3.63) is 29.8 Å². The fraction of sp³-hybridized carbons (Fsp3) is 0.600. The Bertz CT molecular complexity index is 573. The van der Waals surface area contributed by atoms with Crippen LogP contribution in [0.25, 0.3) is 0 Å². The summed E-state index contributed by atoms with van der Waals surface area (Å²) in [4.78, 5) is 23.0. The van der Waals surface area contributed by atoms with E-state index in [1.165, 1.54) is 38.6 Å². The smallest absolute Gasteiger partial charge is 0.290 e. The van der Waals surface area contributed by atoms with Crippen molar-refractivity contribution in [3.8, 4) is 5.75 Å². The van der Waals surface area contributed by atoms with Gasteiger partial charge in [0.25, 0.3) is 6.47 Å². The normalized spacial score (nSPS) is 20.4. The number of carbonyl (C=O) groups is 2. The van der Waals surface area contributed by atoms with Crippen LogP contribution in [0.5, 0.6) is 5.75 Å². The van der Waals surface area contributed by atoms with Gasteiger partial charge in [0.15, 0.2) is 0 Å². The van der Waals surface area contributed by atoms with Crippen LogP contribution in [-0.2, 0) is 16.0 Å². The molecule has 1 aromatic rings. The minimum absolute atomic E-state index is 0.118. The lowest BCUT2D eigenvalue weighted by molar-refractivity contribution is -0.123. The number of rotatable bonds is 6. The van der Waals surface area contributed by atoms with E-state index < -0.39 is 0 Å². The Balaban J connectivity index is 0.000000758. The number of phenolic OH excluding ortho intramolecular Hbond substituents is 1. The number of phenols is 1. The van der Waals surface area contributed by atoms with Crippen LogP contribution in [-0.4, -0.2) is 53.2 Å². The number of nitrogens with zero attached hydrogens (tertiary/aromatic N) is 1. The number of hydrogen-bond acceptors (Lipinski definition) is 4. The van der Waals surface area contributed by atoms with Gasteiger partial charge in [0.1, 0.15) is 5.75 Å². The fourth-order valence-corrected chi connectivity index (χ4v) is 3.95. The summed E-state index contributed by atoms with van der Waals surface area (Å²) in [6.45, 7) is 2.91. The van der Waals surface area contributed by atoms with E-state index >= 15 is 0 Å². The first-order valence-electron chi connectivity index (χ1n) is 9.49. The molecule has 144 valence electrons. The van der Waals surface area contributed by atoms with Gasteiger partial charge in [0.05, 0.1) is 0 Å². The van der Waals surface area contributed by atoms with Gasteiger partial charge in [-0.1, -0.05) is 25.0 Å². The van der Waals surface area contributed by atoms with Crippen LogP contribution < -0.4 is 5.32 Å². The molecular weight excluding hydrogens is 332 g/mol. The molecule has 0 radical (unpaired) electrons. The number of likely N-dealkylation sites (tertiary alicyclic amines) is 1. The standard InChI is InChI=1S/C19H28N2O2.CH2O2/c22-18-7-3-4-15(12-18)8-9-19(23)20-13-16-10-11-21(14-16)17-5-1-2-6-17;2-1-3/h3-4,7,12,16-17,22H,1-2,5-6,8-11,13-14H2,(H,20,23);1H,(H,2,3). The maximum Gasteiger partial charge on any atom is 0.290 e. The highest BCUT2D eigenvalue weighted by Gasteiger charge is 2.29. The molecule has 1 saturated carbocycles. The highest BCUT2D eigenvalue weighted by atomic mass is 16.3. The first-order chi connectivity index (χ1) is 12.6. The third-order valence-corrected chi connectivity index (χ3v) is 5.30. The van der Waals surface area contributed by atoms with Gasteiger partial charge >= 0.3 is 0 Å². The number of carbonyl (C=O) groups excluding carboxylic acids is 1. The lowest BCUT2D eigenvalue weighted by atomic mass is 10.1. The number of nitrogens with one attached hydrogen (secondary N) is 1. The molecule has 3 N–H and O–H groups in total. The average Bonchev–Trinajstić information content (AvgIpc) is 3.30. The number of aromatic hydroxyl groups is 1. The number of aryl methyl sites for hydroxylation is 1. The molecule has 3 rings (SSSR count). The predicted octanol–water partition coefficient (Wildman–Crippen LogP) is 2.41. The molecular formula is C20H30N2O4. The quantitative estimate of drug-likeness (QED) is 0.676. The SMILES string of the molecule is O=C(CCc1cccc(O)c1)NCC1CCN(C2CCCC2)C1.O=CO. The Kier molecular flexibility index (Phi) is 8.41. The van der Waals surface area contributed by atoms with Crippen molar-refractivity contribution < 1.29 is 19.8 Å². The van der Waals surface area contributed by atoms with Crippen molar-refractivity contribution in [1.82, 2.24) is 10.2 Å². The van der Waals surface area contributed by atoms with Gasteiger partial charge in [0, 0.05) is 25.6 Å². The molecule has 6 nitrogen and oxygen atoms in total. The van der Waals surface area contributed by atoms with Gasteiger partial charge < -0.3 is 20.4 Å². The van der Waals surface area contributed by atoms with Gasteiger partial charge in [-0.3, -0.25) is 9.59 Å². The molecule has 2 fully saturated rings. The third-order valence-electron chi connectivity index (χ3n) is 5.30. The molecule has 1 aromatic carbocycles. The van der Waals surface area contributed by atoms with Crippen molar-refractivity contribution >= 4 is 12.4 Å². The summed E-state index contributed by atoms with van der Waals surface area (Å²) in [5, 5.41) is 19.4. The zero-order valence-electron chi connectivity index (χ0n) is 15.3. The lowest BCUT2D eigenvalue weighted by Gasteiger charge is -2.23. The van der Waals surface area contributed by atoms with E-state index in [9.17, 15) is 9.90 Å². The zero-order chi connectivity index (χ0) is 18.8. The molecule has 1 aliphatic heterocycles. The van der Waals surface area contributed by atoms with Crippen LogP contribution in [0.4, 0.5) is 0 Å². The lowest BCUT2D eigenvalue weighted by Crippen LogP contribution is -2.34. The van der Waals surface area contributed by atoms with Gasteiger partial charge in [-0.25, -0.2) is 0 Å². The van der Waals surface area contributed by atoms with E-state index in [1.54, 1.807) is 12.1 Å². The Morgan fingerprint density at radius 3 is 2.69 bits per heavy atom. The average molecular weight is 362 g/mol. The van der Waals surface area contributed by atoms with E-state index in [0.717, 1.165) is 24.7 Å². The third kappa shape index (κ3) is 6.67. The van der Waals surface area contributed by atoms with Gasteiger partial charge in [-0.15, -0.1) is 0 Å². The van der Waals surface area contributed by atoms with Gasteiger partial charge in [-0.2, -0.15) is 0 Å². The van der Waals surface area contributed by atoms with Gasteiger partial charge in [-0.05, 0) is 55.8 Å². The first kappa shape index (κ1) is 20.2. The summed E-state index contributed by atoms with van der Waals surface area (Å²) in [6, 6.07) is 7.95. The fourth-order valence-electron chi connectivity index (χ4n) is 3.95. The van der Waals surface area contributed by atoms with E-state index in [2.05, 4.69) is 10.2 Å². The highest BCUT2D eigenvalue weighted by molar-refractivity contribution is 5.76. The molecule has 6 heteroatoms. The summed E-state index contributed by atoms with van der Waals surface area (Å²) >= 11 is 0. The molecule has 1 atom stereocenters. The van der Waals surface area contributed by atoms with Crippen LogP contribution >= 0.6 is 0 Å². The molecule has 26 heavy (non-hydrogen) atoms. The summed E-state index contributed by atoms with van der Waals surface area (Å²) in [5.74, 6) is 0.994. The summed E-state index contributed by atoms with van der Waals surface area (Å²) in [5.41, 5.74) is 1.01. The van der Waals surface area contributed by atoms with Crippen molar-refractivity contribution in [2.45, 2.75) is 51.0 Å². The van der Waals surface area contributed by atoms with E-state index in [1.807, 2.05) is 12.1 Å². The molecule has 1 unspecified atom stereocenters. The second-order valence-corrected chi connectivity index (χ2v) is 7.17. The van der Waals surface area contributed by atoms with E-state index in [-0.39, 0.29) is 18.1 Å². The number of amides is 1. The largest absolute Gasteiger partial charge is 0.508 e. The molecule has 1 heterocycles. The van der Waals surface area contributed by atoms with Crippen molar-refractivity contribution in [2.24, 2.45) is 5.92 Å². The summed E-state index contributed by atoms with van der Waals surface area (Å²) in [6.07, 6.45) is 7.88. The minimum Gasteiger partial charge on any atom is -0.508 e. The van der Waals surface area contributed by atoms with Gasteiger partial charge in [0.2, 0.25) is 5.91 Å². The van der Waals surface area contributed by atoms with E-state index in [0.29, 0.717) is 18.8 Å². The Morgan fingerprint density at radius 1 is 1.27 bits per heavy atom. The van der Waals surface area contributed by atoms with Crippen molar-refractivity contribution in [2.75, 3.05) is 19.6 Å². The number of benzene rings is 1. The first-order valence-corrected chi connectivity index (χ1v) is 9.49. The maximum atomic E-state index is 12.0. The molecule has 1 saturated heterocycles. The number of hydrogen-bond donors (Lipinski definition) is 3. The van der Waals surface area contributed by atoms with Crippen LogP contribution in [0.3, 0.4) is 0 Å². The Morgan fingerprint density at radius 2 is 2.00 bits per heavy atom. The summed E-state index contributed by atoms with van der Waals surface area (Å²) in [7, 11) is 0. The zero-order valence-corrected chi connectivity index (χ0v) is 15.3. The molecule has 2 aliphatic rings. The van der Waals surface area contributed by atoms with Crippen LogP contribution in [0, 0.1) is 5.92 Å². The number of carboxylic acid groups (broad SMARTS) is 1. The van der Waals surface area contributed by atoms with Crippen LogP contribution in [0.2, 0.25) is 0 Å². The Labute approximate surface area is 155 Å². The maximum absolute atomic E-state index is 12.0. The highest BCUT2D eigenvalue weighted by Crippen LogP contribution is 2.28. The second kappa shape index (κ2) is 10.8. The second-order valence-electron chi connectivity index (χ2n) is 7.17. The Hall–Kier alpha value is -2.08. The van der Waals surface area contributed by atoms with Crippen LogP contribution in [0.1, 0.15) is 44.1 Å². The molecule has 0 aromatic heterocycles. The van der Waals surface area contributed by atoms with Crippen molar-refractivity contribution in [3.63, 3.8) is 0 Å². The monoisotopic (exact) mass is 362 g/mol. The molecule has 1 amide bonds. The van der Waals surface area contributed by atoms with Crippen LogP contribution in [0.15, 0.2) is 24.3 Å². The molecule has 0 spiro atoms. The van der Waals surface area contributed by atoms with Crippen molar-refractivity contribution in [1.29, 1.82) is 0 Å². The predicted molar refractivity (Wildman–Crippen MR) is 100 cm³/mol. The topological polar surface area (TPSA) is 89.9 Å².